The first kappa shape index (κ1) is 14.2. The molecule has 1 rings (SSSR count). The fraction of sp³-hybridized carbons (Fsp3) is 0.786. The van der Waals surface area contributed by atoms with Crippen molar-refractivity contribution < 1.29 is 5.11 Å². The molecular formula is C14H26N2O. The van der Waals surface area contributed by atoms with Crippen LogP contribution in [-0.4, -0.2) is 42.1 Å². The summed E-state index contributed by atoms with van der Waals surface area (Å²) < 4.78 is 0. The maximum Gasteiger partial charge on any atom is 0.123 e. The molecule has 1 aliphatic heterocycles. The molecule has 98 valence electrons. The molecule has 0 atom stereocenters. The van der Waals surface area contributed by atoms with E-state index in [1.165, 1.54) is 32.1 Å². The van der Waals surface area contributed by atoms with Gasteiger partial charge in [0.2, 0.25) is 0 Å². The van der Waals surface area contributed by atoms with E-state index in [0.29, 0.717) is 6.54 Å². The number of allylic oxidation sites excluding steroid dienone is 1. The van der Waals surface area contributed by atoms with Crippen molar-refractivity contribution in [1.82, 2.24) is 4.90 Å². The van der Waals surface area contributed by atoms with Crippen molar-refractivity contribution in [3.63, 3.8) is 0 Å². The largest absolute Gasteiger partial charge is 0.395 e. The van der Waals surface area contributed by atoms with Gasteiger partial charge in [0.05, 0.1) is 13.2 Å². The third kappa shape index (κ3) is 5.87. The standard InChI is InChI=1S/C14H26N2O/c1-2-3-4-5-6-7-8-9-14-15-10-11-16(14)12-13-17/h8-9,17H,2-7,10-13H2,1H3/b9-8+. The highest BCUT2D eigenvalue weighted by atomic mass is 16.3. The van der Waals surface area contributed by atoms with Crippen LogP contribution in [0.4, 0.5) is 0 Å². The van der Waals surface area contributed by atoms with Crippen LogP contribution in [-0.2, 0) is 0 Å². The summed E-state index contributed by atoms with van der Waals surface area (Å²) in [4.78, 5) is 6.57. The zero-order chi connectivity index (χ0) is 12.3. The molecule has 0 radical (unpaired) electrons. The molecular weight excluding hydrogens is 212 g/mol. The molecule has 0 aromatic heterocycles. The minimum absolute atomic E-state index is 0.212. The van der Waals surface area contributed by atoms with Crippen LogP contribution in [0.25, 0.3) is 0 Å². The molecule has 0 fully saturated rings. The van der Waals surface area contributed by atoms with Gasteiger partial charge in [-0.05, 0) is 18.9 Å². The molecule has 0 amide bonds. The fourth-order valence-electron chi connectivity index (χ4n) is 2.06. The molecule has 0 bridgehead atoms. The monoisotopic (exact) mass is 238 g/mol. The predicted octanol–water partition coefficient (Wildman–Crippen LogP) is 2.61. The number of hydrogen-bond acceptors (Lipinski definition) is 3. The average molecular weight is 238 g/mol. The Hall–Kier alpha value is -0.830. The summed E-state index contributed by atoms with van der Waals surface area (Å²) in [5.74, 6) is 1.05. The van der Waals surface area contributed by atoms with Gasteiger partial charge in [-0.15, -0.1) is 0 Å². The zero-order valence-electron chi connectivity index (χ0n) is 11.1. The van der Waals surface area contributed by atoms with E-state index in [9.17, 15) is 0 Å². The van der Waals surface area contributed by atoms with Gasteiger partial charge in [0, 0.05) is 13.1 Å². The summed E-state index contributed by atoms with van der Waals surface area (Å²) in [5, 5.41) is 8.92. The van der Waals surface area contributed by atoms with Crippen molar-refractivity contribution in [3.05, 3.63) is 12.2 Å². The van der Waals surface area contributed by atoms with Crippen LogP contribution in [0.15, 0.2) is 17.1 Å². The van der Waals surface area contributed by atoms with Crippen LogP contribution in [0.2, 0.25) is 0 Å². The van der Waals surface area contributed by atoms with Crippen LogP contribution < -0.4 is 0 Å². The number of rotatable bonds is 9. The minimum Gasteiger partial charge on any atom is -0.395 e. The SMILES string of the molecule is CCCCCCC/C=C/C1=NCCN1CCO. The van der Waals surface area contributed by atoms with E-state index in [0.717, 1.165) is 25.3 Å². The molecule has 3 heteroatoms. The van der Waals surface area contributed by atoms with Gasteiger partial charge in [0.25, 0.3) is 0 Å². The molecule has 0 aromatic carbocycles. The van der Waals surface area contributed by atoms with Gasteiger partial charge in [0.1, 0.15) is 5.84 Å². The number of aliphatic hydroxyl groups excluding tert-OH is 1. The van der Waals surface area contributed by atoms with Crippen molar-refractivity contribution in [2.45, 2.75) is 45.4 Å². The fourth-order valence-corrected chi connectivity index (χ4v) is 2.06. The number of unbranched alkanes of at least 4 members (excludes halogenated alkanes) is 5. The summed E-state index contributed by atoms with van der Waals surface area (Å²) in [5.41, 5.74) is 0. The van der Waals surface area contributed by atoms with Crippen molar-refractivity contribution in [1.29, 1.82) is 0 Å². The molecule has 0 unspecified atom stereocenters. The van der Waals surface area contributed by atoms with E-state index < -0.39 is 0 Å². The maximum absolute atomic E-state index is 8.92. The van der Waals surface area contributed by atoms with Crippen LogP contribution in [0.1, 0.15) is 45.4 Å². The first-order valence-electron chi connectivity index (χ1n) is 6.95. The van der Waals surface area contributed by atoms with E-state index in [4.69, 9.17) is 5.11 Å². The molecule has 0 saturated heterocycles. The highest BCUT2D eigenvalue weighted by molar-refractivity contribution is 5.94. The van der Waals surface area contributed by atoms with E-state index in [2.05, 4.69) is 29.0 Å². The Morgan fingerprint density at radius 3 is 2.88 bits per heavy atom. The Morgan fingerprint density at radius 1 is 1.29 bits per heavy atom. The number of hydrogen-bond donors (Lipinski definition) is 1. The second-order valence-corrected chi connectivity index (χ2v) is 4.56. The summed E-state index contributed by atoms with van der Waals surface area (Å²) in [6, 6.07) is 0. The third-order valence-corrected chi connectivity index (χ3v) is 3.08. The molecule has 3 nitrogen and oxygen atoms in total. The van der Waals surface area contributed by atoms with Gasteiger partial charge in [-0.25, -0.2) is 0 Å². The second kappa shape index (κ2) is 9.23. The Morgan fingerprint density at radius 2 is 2.12 bits per heavy atom. The molecule has 0 aliphatic carbocycles. The Labute approximate surface area is 105 Å². The first-order chi connectivity index (χ1) is 8.38. The number of aliphatic hydroxyl groups is 1. The molecule has 1 heterocycles. The predicted molar refractivity (Wildman–Crippen MR) is 73.5 cm³/mol. The van der Waals surface area contributed by atoms with Crippen LogP contribution in [0.5, 0.6) is 0 Å². The van der Waals surface area contributed by atoms with Crippen LogP contribution >= 0.6 is 0 Å². The van der Waals surface area contributed by atoms with Crippen LogP contribution in [0, 0.1) is 0 Å². The topological polar surface area (TPSA) is 35.8 Å². The molecule has 1 N–H and O–H groups in total. The summed E-state index contributed by atoms with van der Waals surface area (Å²) in [6.45, 7) is 4.99. The van der Waals surface area contributed by atoms with Gasteiger partial charge in [-0.3, -0.25) is 4.99 Å². The Kier molecular flexibility index (Phi) is 7.72. The quantitative estimate of drug-likeness (QED) is 0.627. The molecule has 0 spiro atoms. The van der Waals surface area contributed by atoms with Gasteiger partial charge >= 0.3 is 0 Å². The van der Waals surface area contributed by atoms with Crippen molar-refractivity contribution >= 4 is 5.84 Å². The highest BCUT2D eigenvalue weighted by Gasteiger charge is 2.12. The van der Waals surface area contributed by atoms with Gasteiger partial charge < -0.3 is 10.0 Å². The molecule has 17 heavy (non-hydrogen) atoms. The number of β-amino-alcohol motifs (C(OH)–C–C–N with tert-alkyl or cyclic N) is 1. The second-order valence-electron chi connectivity index (χ2n) is 4.56. The Balaban J connectivity index is 2.11. The summed E-state index contributed by atoms with van der Waals surface area (Å²) in [7, 11) is 0. The van der Waals surface area contributed by atoms with E-state index in [1.54, 1.807) is 0 Å². The summed E-state index contributed by atoms with van der Waals surface area (Å²) >= 11 is 0. The van der Waals surface area contributed by atoms with Crippen LogP contribution in [0.3, 0.4) is 0 Å². The molecule has 1 aliphatic rings. The van der Waals surface area contributed by atoms with E-state index >= 15 is 0 Å². The zero-order valence-corrected chi connectivity index (χ0v) is 11.1. The lowest BCUT2D eigenvalue weighted by molar-refractivity contribution is 0.257. The number of amidine groups is 1. The van der Waals surface area contributed by atoms with Gasteiger partial charge in [-0.2, -0.15) is 0 Å². The third-order valence-electron chi connectivity index (χ3n) is 3.08. The lowest BCUT2D eigenvalue weighted by Crippen LogP contribution is -2.29. The van der Waals surface area contributed by atoms with E-state index in [1.807, 2.05) is 0 Å². The van der Waals surface area contributed by atoms with E-state index in [-0.39, 0.29) is 6.61 Å². The van der Waals surface area contributed by atoms with Crippen molar-refractivity contribution in [3.8, 4) is 0 Å². The van der Waals surface area contributed by atoms with Crippen molar-refractivity contribution in [2.75, 3.05) is 26.2 Å². The minimum atomic E-state index is 0.212. The van der Waals surface area contributed by atoms with Gasteiger partial charge in [-0.1, -0.05) is 38.7 Å². The number of aliphatic imine (C=N–C) groups is 1. The maximum atomic E-state index is 8.92. The van der Waals surface area contributed by atoms with Crippen molar-refractivity contribution in [2.24, 2.45) is 4.99 Å². The first-order valence-corrected chi connectivity index (χ1v) is 6.95. The molecule has 0 saturated carbocycles. The smallest absolute Gasteiger partial charge is 0.123 e. The van der Waals surface area contributed by atoms with Gasteiger partial charge in [0.15, 0.2) is 0 Å². The average Bonchev–Trinajstić information content (AvgIpc) is 2.76. The normalized spacial score (nSPS) is 15.9. The Bertz CT molecular complexity index is 249. The lowest BCUT2D eigenvalue weighted by atomic mass is 10.1. The lowest BCUT2D eigenvalue weighted by Gasteiger charge is -2.16. The highest BCUT2D eigenvalue weighted by Crippen LogP contribution is 2.07. The number of nitrogens with zero attached hydrogens (tertiary/aromatic N) is 2. The molecule has 0 aromatic rings. The summed E-state index contributed by atoms with van der Waals surface area (Å²) in [6.07, 6.45) is 12.1.